The Bertz CT molecular complexity index is 252. The van der Waals surface area contributed by atoms with Crippen LogP contribution >= 0.6 is 0 Å². The van der Waals surface area contributed by atoms with E-state index in [0.29, 0.717) is 0 Å². The summed E-state index contributed by atoms with van der Waals surface area (Å²) in [5, 5.41) is 9.65. The topological polar surface area (TPSA) is 96.9 Å². The third-order valence-corrected chi connectivity index (χ3v) is 1.33. The van der Waals surface area contributed by atoms with E-state index in [0.717, 1.165) is 5.69 Å². The molecule has 1 rings (SSSR count). The Kier molecular flexibility index (Phi) is 3.79. The molecule has 0 aliphatic carbocycles. The van der Waals surface area contributed by atoms with Crippen LogP contribution in [0.15, 0.2) is 24.3 Å². The van der Waals surface area contributed by atoms with E-state index >= 15 is 0 Å². The summed E-state index contributed by atoms with van der Waals surface area (Å²) in [6.07, 6.45) is 0. The van der Waals surface area contributed by atoms with E-state index < -0.39 is 0 Å². The van der Waals surface area contributed by atoms with Crippen LogP contribution in [0.5, 0.6) is 0 Å². The van der Waals surface area contributed by atoms with E-state index in [1.54, 1.807) is 0 Å². The number of rotatable bonds is 1. The number of anilines is 1. The summed E-state index contributed by atoms with van der Waals surface area (Å²) in [5.74, 6) is -0.0335. The lowest BCUT2D eigenvalue weighted by Gasteiger charge is -2.02. The molecule has 0 atom stereocenters. The molecule has 7 N–H and O–H groups in total. The summed E-state index contributed by atoms with van der Waals surface area (Å²) in [5.41, 5.74) is 7.18. The van der Waals surface area contributed by atoms with Gasteiger partial charge in [0.05, 0.1) is 0 Å². The Morgan fingerprint density at radius 3 is 2.25 bits per heavy atom. The van der Waals surface area contributed by atoms with Crippen LogP contribution in [-0.2, 0) is 0 Å². The van der Waals surface area contributed by atoms with E-state index in [4.69, 9.17) is 11.1 Å². The van der Waals surface area contributed by atoms with Gasteiger partial charge in [-0.15, -0.1) is 0 Å². The molecule has 0 radical (unpaired) electrons. The molecule has 4 heteroatoms. The SMILES string of the molecule is Cc1ccc(NC(=N)N)cc1.N. The molecule has 1 aromatic carbocycles. The highest BCUT2D eigenvalue weighted by molar-refractivity contribution is 5.89. The van der Waals surface area contributed by atoms with Gasteiger partial charge in [0.2, 0.25) is 0 Å². The fourth-order valence-electron chi connectivity index (χ4n) is 0.792. The molecule has 0 aliphatic rings. The number of hydrogen-bond donors (Lipinski definition) is 4. The van der Waals surface area contributed by atoms with Crippen molar-refractivity contribution in [1.29, 1.82) is 5.41 Å². The molecule has 1 aromatic rings. The molecule has 0 aliphatic heterocycles. The van der Waals surface area contributed by atoms with Crippen LogP contribution < -0.4 is 17.2 Å². The minimum atomic E-state index is -0.0335. The second-order valence-electron chi connectivity index (χ2n) is 2.40. The molecule has 66 valence electrons. The van der Waals surface area contributed by atoms with Gasteiger partial charge in [0.25, 0.3) is 0 Å². The van der Waals surface area contributed by atoms with Crippen molar-refractivity contribution in [3.63, 3.8) is 0 Å². The van der Waals surface area contributed by atoms with Crippen LogP contribution in [0.4, 0.5) is 5.69 Å². The van der Waals surface area contributed by atoms with Gasteiger partial charge in [0.1, 0.15) is 0 Å². The van der Waals surface area contributed by atoms with Gasteiger partial charge >= 0.3 is 0 Å². The molecule has 0 spiro atoms. The van der Waals surface area contributed by atoms with Crippen molar-refractivity contribution >= 4 is 11.6 Å². The second kappa shape index (κ2) is 4.35. The van der Waals surface area contributed by atoms with Gasteiger partial charge in [0.15, 0.2) is 5.96 Å². The molecular weight excluding hydrogens is 152 g/mol. The lowest BCUT2D eigenvalue weighted by atomic mass is 10.2. The fraction of sp³-hybridized carbons (Fsp3) is 0.125. The first kappa shape index (κ1) is 10.4. The molecular formula is C8H14N4. The van der Waals surface area contributed by atoms with Gasteiger partial charge in [-0.3, -0.25) is 5.41 Å². The maximum Gasteiger partial charge on any atom is 0.190 e. The van der Waals surface area contributed by atoms with Crippen molar-refractivity contribution < 1.29 is 0 Å². The van der Waals surface area contributed by atoms with Crippen molar-refractivity contribution in [3.05, 3.63) is 29.8 Å². The normalized spacial score (nSPS) is 8.42. The number of hydrogen-bond acceptors (Lipinski definition) is 2. The Labute approximate surface area is 71.9 Å². The number of aryl methyl sites for hydroxylation is 1. The highest BCUT2D eigenvalue weighted by Crippen LogP contribution is 2.07. The van der Waals surface area contributed by atoms with Crippen molar-refractivity contribution in [2.45, 2.75) is 6.92 Å². The lowest BCUT2D eigenvalue weighted by Crippen LogP contribution is -2.20. The Hall–Kier alpha value is -1.55. The van der Waals surface area contributed by atoms with Gasteiger partial charge < -0.3 is 17.2 Å². The van der Waals surface area contributed by atoms with Crippen LogP contribution in [-0.4, -0.2) is 5.96 Å². The van der Waals surface area contributed by atoms with Gasteiger partial charge in [-0.2, -0.15) is 0 Å². The predicted octanol–water partition coefficient (Wildman–Crippen LogP) is 1.46. The molecule has 0 fully saturated rings. The van der Waals surface area contributed by atoms with Gasteiger partial charge in [-0.05, 0) is 19.1 Å². The molecule has 0 heterocycles. The zero-order valence-electron chi connectivity index (χ0n) is 7.09. The summed E-state index contributed by atoms with van der Waals surface area (Å²) in [6, 6.07) is 7.70. The largest absolute Gasteiger partial charge is 0.370 e. The van der Waals surface area contributed by atoms with Crippen molar-refractivity contribution in [2.24, 2.45) is 5.73 Å². The molecule has 0 aromatic heterocycles. The van der Waals surface area contributed by atoms with Gasteiger partial charge in [-0.25, -0.2) is 0 Å². The number of nitrogens with two attached hydrogens (primary N) is 1. The minimum Gasteiger partial charge on any atom is -0.370 e. The molecule has 12 heavy (non-hydrogen) atoms. The summed E-state index contributed by atoms with van der Waals surface area (Å²) >= 11 is 0. The molecule has 4 nitrogen and oxygen atoms in total. The first-order chi connectivity index (χ1) is 5.18. The molecule has 0 bridgehead atoms. The number of benzene rings is 1. The Morgan fingerprint density at radius 2 is 1.83 bits per heavy atom. The van der Waals surface area contributed by atoms with E-state index in [1.807, 2.05) is 31.2 Å². The van der Waals surface area contributed by atoms with E-state index in [2.05, 4.69) is 5.32 Å². The minimum absolute atomic E-state index is 0. The monoisotopic (exact) mass is 166 g/mol. The molecule has 0 unspecified atom stereocenters. The molecule has 0 amide bonds. The standard InChI is InChI=1S/C8H11N3.H3N/c1-6-2-4-7(5-3-6)11-8(9)10;/h2-5H,1H3,(H4,9,10,11);1H3. The fourth-order valence-corrected chi connectivity index (χ4v) is 0.792. The smallest absolute Gasteiger partial charge is 0.190 e. The first-order valence-electron chi connectivity index (χ1n) is 3.36. The van der Waals surface area contributed by atoms with E-state index in [1.165, 1.54) is 5.56 Å². The molecule has 0 saturated carbocycles. The summed E-state index contributed by atoms with van der Waals surface area (Å²) in [7, 11) is 0. The summed E-state index contributed by atoms with van der Waals surface area (Å²) < 4.78 is 0. The average molecular weight is 166 g/mol. The predicted molar refractivity (Wildman–Crippen MR) is 51.7 cm³/mol. The third kappa shape index (κ3) is 3.03. The summed E-state index contributed by atoms with van der Waals surface area (Å²) in [6.45, 7) is 2.01. The third-order valence-electron chi connectivity index (χ3n) is 1.33. The Balaban J connectivity index is 0.00000121. The zero-order valence-corrected chi connectivity index (χ0v) is 7.09. The lowest BCUT2D eigenvalue weighted by molar-refractivity contribution is 1.40. The van der Waals surface area contributed by atoms with Crippen LogP contribution in [0.1, 0.15) is 5.56 Å². The summed E-state index contributed by atoms with van der Waals surface area (Å²) in [4.78, 5) is 0. The van der Waals surface area contributed by atoms with Crippen LogP contribution in [0, 0.1) is 12.3 Å². The maximum absolute atomic E-state index is 6.95. The highest BCUT2D eigenvalue weighted by atomic mass is 15.0. The number of nitrogens with one attached hydrogen (secondary N) is 2. The van der Waals surface area contributed by atoms with Crippen LogP contribution in [0.3, 0.4) is 0 Å². The number of guanidine groups is 1. The first-order valence-corrected chi connectivity index (χ1v) is 3.36. The van der Waals surface area contributed by atoms with E-state index in [9.17, 15) is 0 Å². The van der Waals surface area contributed by atoms with Crippen molar-refractivity contribution in [1.82, 2.24) is 6.15 Å². The van der Waals surface area contributed by atoms with Crippen molar-refractivity contribution in [3.8, 4) is 0 Å². The molecule has 0 saturated heterocycles. The van der Waals surface area contributed by atoms with Crippen molar-refractivity contribution in [2.75, 3.05) is 5.32 Å². The van der Waals surface area contributed by atoms with Gasteiger partial charge in [0, 0.05) is 5.69 Å². The second-order valence-corrected chi connectivity index (χ2v) is 2.40. The van der Waals surface area contributed by atoms with Gasteiger partial charge in [-0.1, -0.05) is 17.7 Å². The average Bonchev–Trinajstić information content (AvgIpc) is 1.93. The zero-order chi connectivity index (χ0) is 8.27. The van der Waals surface area contributed by atoms with Crippen LogP contribution in [0.2, 0.25) is 0 Å². The highest BCUT2D eigenvalue weighted by Gasteiger charge is 1.90. The quantitative estimate of drug-likeness (QED) is 0.375. The maximum atomic E-state index is 6.95. The van der Waals surface area contributed by atoms with Crippen LogP contribution in [0.25, 0.3) is 0 Å². The van der Waals surface area contributed by atoms with E-state index in [-0.39, 0.29) is 12.1 Å². The Morgan fingerprint density at radius 1 is 1.33 bits per heavy atom.